The van der Waals surface area contributed by atoms with Crippen LogP contribution in [0.25, 0.3) is 0 Å². The van der Waals surface area contributed by atoms with E-state index in [1.165, 1.54) is 6.07 Å². The van der Waals surface area contributed by atoms with Crippen molar-refractivity contribution < 1.29 is 8.81 Å². The third kappa shape index (κ3) is 3.82. The van der Waals surface area contributed by atoms with Gasteiger partial charge in [0.05, 0.1) is 12.3 Å². The van der Waals surface area contributed by atoms with E-state index < -0.39 is 0 Å². The van der Waals surface area contributed by atoms with Gasteiger partial charge in [0, 0.05) is 23.7 Å². The van der Waals surface area contributed by atoms with E-state index in [-0.39, 0.29) is 11.9 Å². The molecule has 0 bridgehead atoms. The smallest absolute Gasteiger partial charge is 0.127 e. The lowest BCUT2D eigenvalue weighted by atomic mass is 10.2. The Bertz CT molecular complexity index is 543. The molecule has 1 atom stereocenters. The largest absolute Gasteiger partial charge is 0.468 e. The SMILES string of the molecule is CN(C)C(CNCc1cc(Cl)ccc1F)c1ccco1. The highest BCUT2D eigenvalue weighted by Crippen LogP contribution is 2.18. The fourth-order valence-corrected chi connectivity index (χ4v) is 2.24. The average molecular weight is 297 g/mol. The van der Waals surface area contributed by atoms with E-state index in [9.17, 15) is 4.39 Å². The van der Waals surface area contributed by atoms with E-state index in [0.717, 1.165) is 5.76 Å². The number of likely N-dealkylation sites (N-methyl/N-ethyl adjacent to an activating group) is 1. The van der Waals surface area contributed by atoms with Gasteiger partial charge in [-0.15, -0.1) is 0 Å². The fraction of sp³-hybridized carbons (Fsp3) is 0.333. The molecule has 1 aromatic carbocycles. The van der Waals surface area contributed by atoms with Crippen LogP contribution in [0.15, 0.2) is 41.0 Å². The van der Waals surface area contributed by atoms with Gasteiger partial charge >= 0.3 is 0 Å². The lowest BCUT2D eigenvalue weighted by Crippen LogP contribution is -2.30. The fourth-order valence-electron chi connectivity index (χ4n) is 2.04. The molecule has 0 saturated carbocycles. The monoisotopic (exact) mass is 296 g/mol. The second-order valence-corrected chi connectivity index (χ2v) is 5.30. The molecule has 0 saturated heterocycles. The van der Waals surface area contributed by atoms with Crippen molar-refractivity contribution in [2.24, 2.45) is 0 Å². The summed E-state index contributed by atoms with van der Waals surface area (Å²) in [6, 6.07) is 8.48. The topological polar surface area (TPSA) is 28.4 Å². The molecule has 2 aromatic rings. The first-order valence-corrected chi connectivity index (χ1v) is 6.80. The second-order valence-electron chi connectivity index (χ2n) is 4.86. The minimum absolute atomic E-state index is 0.104. The van der Waals surface area contributed by atoms with Crippen molar-refractivity contribution in [2.75, 3.05) is 20.6 Å². The summed E-state index contributed by atoms with van der Waals surface area (Å²) in [5.41, 5.74) is 0.564. The molecule has 0 amide bonds. The Kier molecular flexibility index (Phi) is 5.17. The van der Waals surface area contributed by atoms with E-state index in [2.05, 4.69) is 10.2 Å². The molecule has 1 unspecified atom stereocenters. The molecular weight excluding hydrogens is 279 g/mol. The predicted octanol–water partition coefficient (Wildman–Crippen LogP) is 3.46. The van der Waals surface area contributed by atoms with Crippen LogP contribution in [0.5, 0.6) is 0 Å². The summed E-state index contributed by atoms with van der Waals surface area (Å²) in [6.07, 6.45) is 1.66. The van der Waals surface area contributed by atoms with Crippen molar-refractivity contribution in [1.82, 2.24) is 10.2 Å². The molecule has 3 nitrogen and oxygen atoms in total. The number of halogens is 2. The van der Waals surface area contributed by atoms with Gasteiger partial charge in [0.25, 0.3) is 0 Å². The van der Waals surface area contributed by atoms with Crippen molar-refractivity contribution in [1.29, 1.82) is 0 Å². The van der Waals surface area contributed by atoms with E-state index in [4.69, 9.17) is 16.0 Å². The molecule has 1 heterocycles. The van der Waals surface area contributed by atoms with Crippen LogP contribution in [0, 0.1) is 5.82 Å². The summed E-state index contributed by atoms with van der Waals surface area (Å²) < 4.78 is 19.0. The molecular formula is C15H18ClFN2O. The van der Waals surface area contributed by atoms with Crippen LogP contribution in [0.1, 0.15) is 17.4 Å². The summed E-state index contributed by atoms with van der Waals surface area (Å²) in [6.45, 7) is 1.09. The first kappa shape index (κ1) is 15.0. The molecule has 0 radical (unpaired) electrons. The lowest BCUT2D eigenvalue weighted by Gasteiger charge is -2.22. The Balaban J connectivity index is 1.95. The minimum atomic E-state index is -0.249. The zero-order valence-corrected chi connectivity index (χ0v) is 12.3. The molecule has 0 aliphatic carbocycles. The molecule has 20 heavy (non-hydrogen) atoms. The molecule has 1 N–H and O–H groups in total. The van der Waals surface area contributed by atoms with Crippen LogP contribution in [0.3, 0.4) is 0 Å². The first-order chi connectivity index (χ1) is 9.58. The molecule has 0 spiro atoms. The standard InChI is InChI=1S/C15H18ClFN2O/c1-19(2)14(15-4-3-7-20-15)10-18-9-11-8-12(16)5-6-13(11)17/h3-8,14,18H,9-10H2,1-2H3. The predicted molar refractivity (Wildman–Crippen MR) is 78.3 cm³/mol. The third-order valence-electron chi connectivity index (χ3n) is 3.16. The molecule has 5 heteroatoms. The van der Waals surface area contributed by atoms with Crippen molar-refractivity contribution in [3.05, 3.63) is 58.8 Å². The van der Waals surface area contributed by atoms with Gasteiger partial charge < -0.3 is 9.73 Å². The number of rotatable bonds is 6. The van der Waals surface area contributed by atoms with Gasteiger partial charge in [-0.3, -0.25) is 4.90 Å². The number of benzene rings is 1. The van der Waals surface area contributed by atoms with Crippen LogP contribution in [-0.2, 0) is 6.54 Å². The minimum Gasteiger partial charge on any atom is -0.468 e. The molecule has 0 fully saturated rings. The van der Waals surface area contributed by atoms with Crippen LogP contribution in [0.2, 0.25) is 5.02 Å². The van der Waals surface area contributed by atoms with Gasteiger partial charge in [0.1, 0.15) is 11.6 Å². The molecule has 1 aromatic heterocycles. The quantitative estimate of drug-likeness (QED) is 0.885. The molecule has 108 valence electrons. The summed E-state index contributed by atoms with van der Waals surface area (Å²) in [4.78, 5) is 2.06. The molecule has 0 aliphatic rings. The summed E-state index contributed by atoms with van der Waals surface area (Å²) >= 11 is 5.87. The Morgan fingerprint density at radius 3 is 2.80 bits per heavy atom. The summed E-state index contributed by atoms with van der Waals surface area (Å²) in [5, 5.41) is 3.78. The zero-order valence-electron chi connectivity index (χ0n) is 11.6. The average Bonchev–Trinajstić information content (AvgIpc) is 2.91. The van der Waals surface area contributed by atoms with Gasteiger partial charge in [-0.25, -0.2) is 4.39 Å². The number of furan rings is 1. The zero-order chi connectivity index (χ0) is 14.5. The van der Waals surface area contributed by atoms with E-state index in [1.54, 1.807) is 18.4 Å². The number of hydrogen-bond donors (Lipinski definition) is 1. The maximum absolute atomic E-state index is 13.6. The van der Waals surface area contributed by atoms with Gasteiger partial charge in [0.2, 0.25) is 0 Å². The molecule has 0 aliphatic heterocycles. The lowest BCUT2D eigenvalue weighted by molar-refractivity contribution is 0.250. The Hall–Kier alpha value is -1.36. The summed E-state index contributed by atoms with van der Waals surface area (Å²) in [7, 11) is 3.96. The summed E-state index contributed by atoms with van der Waals surface area (Å²) in [5.74, 6) is 0.635. The van der Waals surface area contributed by atoms with E-state index >= 15 is 0 Å². The Morgan fingerprint density at radius 2 is 2.15 bits per heavy atom. The number of hydrogen-bond acceptors (Lipinski definition) is 3. The van der Waals surface area contributed by atoms with Crippen molar-refractivity contribution in [3.8, 4) is 0 Å². The van der Waals surface area contributed by atoms with E-state index in [1.807, 2.05) is 26.2 Å². The van der Waals surface area contributed by atoms with Crippen LogP contribution < -0.4 is 5.32 Å². The number of nitrogens with zero attached hydrogens (tertiary/aromatic N) is 1. The molecule has 2 rings (SSSR count). The van der Waals surface area contributed by atoms with Crippen LogP contribution in [-0.4, -0.2) is 25.5 Å². The van der Waals surface area contributed by atoms with Gasteiger partial charge in [-0.2, -0.15) is 0 Å². The number of nitrogens with one attached hydrogen (secondary N) is 1. The highest BCUT2D eigenvalue weighted by Gasteiger charge is 2.16. The van der Waals surface area contributed by atoms with Crippen LogP contribution >= 0.6 is 11.6 Å². The third-order valence-corrected chi connectivity index (χ3v) is 3.39. The van der Waals surface area contributed by atoms with Crippen LogP contribution in [0.4, 0.5) is 4.39 Å². The highest BCUT2D eigenvalue weighted by molar-refractivity contribution is 6.30. The van der Waals surface area contributed by atoms with Gasteiger partial charge in [0.15, 0.2) is 0 Å². The Morgan fingerprint density at radius 1 is 1.35 bits per heavy atom. The normalized spacial score (nSPS) is 12.8. The first-order valence-electron chi connectivity index (χ1n) is 6.42. The highest BCUT2D eigenvalue weighted by atomic mass is 35.5. The van der Waals surface area contributed by atoms with Gasteiger partial charge in [-0.1, -0.05) is 11.6 Å². The van der Waals surface area contributed by atoms with Gasteiger partial charge in [-0.05, 0) is 44.4 Å². The van der Waals surface area contributed by atoms with Crippen molar-refractivity contribution in [2.45, 2.75) is 12.6 Å². The van der Waals surface area contributed by atoms with E-state index in [0.29, 0.717) is 23.7 Å². The maximum Gasteiger partial charge on any atom is 0.127 e. The van der Waals surface area contributed by atoms with Crippen molar-refractivity contribution >= 4 is 11.6 Å². The Labute approximate surface area is 123 Å². The second kappa shape index (κ2) is 6.88. The maximum atomic E-state index is 13.6. The van der Waals surface area contributed by atoms with Crippen molar-refractivity contribution in [3.63, 3.8) is 0 Å².